The lowest BCUT2D eigenvalue weighted by Gasteiger charge is -2.10. The summed E-state index contributed by atoms with van der Waals surface area (Å²) in [6.45, 7) is 4.41. The van der Waals surface area contributed by atoms with E-state index in [1.807, 2.05) is 24.6 Å². The van der Waals surface area contributed by atoms with Crippen LogP contribution >= 0.6 is 0 Å². The van der Waals surface area contributed by atoms with Crippen molar-refractivity contribution < 1.29 is 17.2 Å². The molecule has 0 spiro atoms. The van der Waals surface area contributed by atoms with Crippen LogP contribution in [0.3, 0.4) is 0 Å². The van der Waals surface area contributed by atoms with E-state index >= 15 is 0 Å². The van der Waals surface area contributed by atoms with Gasteiger partial charge in [0.2, 0.25) is 0 Å². The molecule has 0 saturated carbocycles. The Morgan fingerprint density at radius 1 is 1.04 bits per heavy atom. The van der Waals surface area contributed by atoms with Crippen molar-refractivity contribution in [3.63, 3.8) is 0 Å². The summed E-state index contributed by atoms with van der Waals surface area (Å²) in [6.07, 6.45) is 0. The highest BCUT2D eigenvalue weighted by Crippen LogP contribution is 2.20. The van der Waals surface area contributed by atoms with Crippen LogP contribution in [-0.2, 0) is 16.6 Å². The minimum Gasteiger partial charge on any atom is -0.280 e. The molecule has 3 aromatic rings. The average molecular weight is 377 g/mol. The number of nitrogens with one attached hydrogen (secondary N) is 1. The first kappa shape index (κ1) is 18.1. The number of sulfonamides is 1. The summed E-state index contributed by atoms with van der Waals surface area (Å²) in [5.41, 5.74) is 3.12. The smallest absolute Gasteiger partial charge is 0.264 e. The molecule has 0 aliphatic heterocycles. The van der Waals surface area contributed by atoms with Gasteiger partial charge in [-0.25, -0.2) is 17.2 Å². The molecule has 0 radical (unpaired) electrons. The molecule has 0 aliphatic rings. The number of hydrogen-bond acceptors (Lipinski definition) is 3. The molecule has 0 saturated heterocycles. The van der Waals surface area contributed by atoms with Gasteiger partial charge in [0.05, 0.1) is 12.2 Å². The number of aromatic nitrogens is 2. The number of hydrogen-bond donors (Lipinski definition) is 1. The Bertz CT molecular complexity index is 1040. The van der Waals surface area contributed by atoms with Crippen LogP contribution < -0.4 is 4.72 Å². The summed E-state index contributed by atoms with van der Waals surface area (Å²) in [5, 5.41) is 4.37. The Kier molecular flexibility index (Phi) is 4.78. The quantitative estimate of drug-likeness (QED) is 0.739. The Morgan fingerprint density at radius 2 is 1.73 bits per heavy atom. The van der Waals surface area contributed by atoms with Crippen LogP contribution in [0, 0.1) is 25.5 Å². The van der Waals surface area contributed by atoms with E-state index in [-0.39, 0.29) is 5.69 Å². The second-order valence-electron chi connectivity index (χ2n) is 5.96. The first-order chi connectivity index (χ1) is 12.2. The fourth-order valence-electron chi connectivity index (χ4n) is 2.58. The van der Waals surface area contributed by atoms with Crippen molar-refractivity contribution in [1.82, 2.24) is 9.78 Å². The molecule has 26 heavy (non-hydrogen) atoms. The maximum Gasteiger partial charge on any atom is 0.264 e. The minimum atomic E-state index is -4.22. The van der Waals surface area contributed by atoms with Crippen molar-refractivity contribution in [2.75, 3.05) is 4.72 Å². The van der Waals surface area contributed by atoms with Gasteiger partial charge in [-0.15, -0.1) is 0 Å². The number of anilines is 1. The summed E-state index contributed by atoms with van der Waals surface area (Å²) in [5.74, 6) is -1.84. The SMILES string of the molecule is Cc1cc(C)n(Cc2ccc(NS(=O)(=O)c3cc(F)ccc3F)cc2)n1. The largest absolute Gasteiger partial charge is 0.280 e. The summed E-state index contributed by atoms with van der Waals surface area (Å²) in [7, 11) is -4.22. The first-order valence-electron chi connectivity index (χ1n) is 7.82. The maximum atomic E-state index is 13.7. The van der Waals surface area contributed by atoms with Crippen molar-refractivity contribution >= 4 is 15.7 Å². The normalized spacial score (nSPS) is 11.5. The topological polar surface area (TPSA) is 64.0 Å². The molecule has 1 N–H and O–H groups in total. The molecule has 3 rings (SSSR count). The Labute approximate surface area is 150 Å². The second-order valence-corrected chi connectivity index (χ2v) is 7.61. The van der Waals surface area contributed by atoms with Crippen LogP contribution in [0.1, 0.15) is 17.0 Å². The molecule has 136 valence electrons. The highest BCUT2D eigenvalue weighted by atomic mass is 32.2. The molecule has 0 bridgehead atoms. The monoisotopic (exact) mass is 377 g/mol. The number of halogens is 2. The van der Waals surface area contributed by atoms with Crippen LogP contribution in [0.15, 0.2) is 53.4 Å². The van der Waals surface area contributed by atoms with Gasteiger partial charge < -0.3 is 0 Å². The van der Waals surface area contributed by atoms with Crippen molar-refractivity contribution in [3.8, 4) is 0 Å². The standard InChI is InChI=1S/C18H17F2N3O2S/c1-12-9-13(2)23(21-12)11-14-3-6-16(7-4-14)22-26(24,25)18-10-15(19)5-8-17(18)20/h3-10,22H,11H2,1-2H3. The second kappa shape index (κ2) is 6.87. The van der Waals surface area contributed by atoms with Gasteiger partial charge in [-0.1, -0.05) is 12.1 Å². The predicted octanol–water partition coefficient (Wildman–Crippen LogP) is 3.63. The third-order valence-corrected chi connectivity index (χ3v) is 5.22. The molecule has 0 atom stereocenters. The fraction of sp³-hybridized carbons (Fsp3) is 0.167. The molecule has 5 nitrogen and oxygen atoms in total. The van der Waals surface area contributed by atoms with Gasteiger partial charge in [0.1, 0.15) is 16.5 Å². The number of aryl methyl sites for hydroxylation is 2. The summed E-state index contributed by atoms with van der Waals surface area (Å²) < 4.78 is 55.6. The van der Waals surface area contributed by atoms with Crippen molar-refractivity contribution in [2.45, 2.75) is 25.3 Å². The van der Waals surface area contributed by atoms with E-state index in [1.54, 1.807) is 24.3 Å². The summed E-state index contributed by atoms with van der Waals surface area (Å²) in [6, 6.07) is 10.9. The van der Waals surface area contributed by atoms with E-state index in [4.69, 9.17) is 0 Å². The third-order valence-electron chi connectivity index (χ3n) is 3.82. The molecule has 2 aromatic carbocycles. The van der Waals surface area contributed by atoms with E-state index in [9.17, 15) is 17.2 Å². The lowest BCUT2D eigenvalue weighted by molar-refractivity contribution is 0.555. The summed E-state index contributed by atoms with van der Waals surface area (Å²) in [4.78, 5) is -0.732. The Morgan fingerprint density at radius 3 is 2.35 bits per heavy atom. The van der Waals surface area contributed by atoms with Crippen molar-refractivity contribution in [1.29, 1.82) is 0 Å². The van der Waals surface area contributed by atoms with E-state index in [1.165, 1.54) is 0 Å². The molecule has 0 amide bonds. The van der Waals surface area contributed by atoms with E-state index in [0.717, 1.165) is 29.1 Å². The lowest BCUT2D eigenvalue weighted by Crippen LogP contribution is -2.15. The molecule has 1 heterocycles. The average Bonchev–Trinajstić information content (AvgIpc) is 2.88. The highest BCUT2D eigenvalue weighted by Gasteiger charge is 2.20. The van der Waals surface area contributed by atoms with Gasteiger partial charge in [-0.05, 0) is 55.8 Å². The van der Waals surface area contributed by atoms with Crippen LogP contribution in [-0.4, -0.2) is 18.2 Å². The maximum absolute atomic E-state index is 13.7. The molecular formula is C18H17F2N3O2S. The highest BCUT2D eigenvalue weighted by molar-refractivity contribution is 7.92. The van der Waals surface area contributed by atoms with Crippen molar-refractivity contribution in [3.05, 3.63) is 77.1 Å². The number of rotatable bonds is 5. The van der Waals surface area contributed by atoms with Gasteiger partial charge in [0, 0.05) is 11.4 Å². The summed E-state index contributed by atoms with van der Waals surface area (Å²) >= 11 is 0. The van der Waals surface area contributed by atoms with E-state index in [0.29, 0.717) is 12.6 Å². The molecule has 1 aromatic heterocycles. The van der Waals surface area contributed by atoms with E-state index < -0.39 is 26.6 Å². The third kappa shape index (κ3) is 3.91. The zero-order chi connectivity index (χ0) is 18.9. The minimum absolute atomic E-state index is 0.255. The van der Waals surface area contributed by atoms with Gasteiger partial charge >= 0.3 is 0 Å². The van der Waals surface area contributed by atoms with Gasteiger partial charge in [-0.2, -0.15) is 5.10 Å². The van der Waals surface area contributed by atoms with Gasteiger partial charge in [-0.3, -0.25) is 9.40 Å². The van der Waals surface area contributed by atoms with Crippen molar-refractivity contribution in [2.24, 2.45) is 0 Å². The van der Waals surface area contributed by atoms with Crippen LogP contribution in [0.4, 0.5) is 14.5 Å². The molecular weight excluding hydrogens is 360 g/mol. The Hall–Kier alpha value is -2.74. The Balaban J connectivity index is 1.78. The van der Waals surface area contributed by atoms with E-state index in [2.05, 4.69) is 9.82 Å². The molecule has 0 fully saturated rings. The predicted molar refractivity (Wildman–Crippen MR) is 94.4 cm³/mol. The lowest BCUT2D eigenvalue weighted by atomic mass is 10.2. The molecule has 0 aliphatic carbocycles. The number of benzene rings is 2. The van der Waals surface area contributed by atoms with Gasteiger partial charge in [0.15, 0.2) is 0 Å². The fourth-order valence-corrected chi connectivity index (χ4v) is 3.73. The molecule has 8 heteroatoms. The van der Waals surface area contributed by atoms with Crippen LogP contribution in [0.5, 0.6) is 0 Å². The molecule has 0 unspecified atom stereocenters. The number of nitrogens with zero attached hydrogens (tertiary/aromatic N) is 2. The first-order valence-corrected chi connectivity index (χ1v) is 9.31. The van der Waals surface area contributed by atoms with Gasteiger partial charge in [0.25, 0.3) is 10.0 Å². The van der Waals surface area contributed by atoms with Crippen LogP contribution in [0.25, 0.3) is 0 Å². The van der Waals surface area contributed by atoms with Crippen LogP contribution in [0.2, 0.25) is 0 Å². The zero-order valence-corrected chi connectivity index (χ0v) is 15.0. The zero-order valence-electron chi connectivity index (χ0n) is 14.2.